The van der Waals surface area contributed by atoms with Gasteiger partial charge in [-0.05, 0) is 49.3 Å². The Kier molecular flexibility index (Phi) is 18.1. The third-order valence-electron chi connectivity index (χ3n) is 8.85. The smallest absolute Gasteiger partial charge is 0.322 e. The van der Waals surface area contributed by atoms with Crippen molar-refractivity contribution >= 4 is 46.7 Å². The van der Waals surface area contributed by atoms with E-state index in [4.69, 9.17) is 15.6 Å². The topological polar surface area (TPSA) is 181 Å². The fourth-order valence-corrected chi connectivity index (χ4v) is 6.89. The Labute approximate surface area is 307 Å². The number of carboxylic acid groups (broad SMARTS) is 1. The van der Waals surface area contributed by atoms with Gasteiger partial charge in [-0.15, -0.1) is 11.3 Å². The molecule has 0 saturated carbocycles. The van der Waals surface area contributed by atoms with Gasteiger partial charge in [0.25, 0.3) is 5.91 Å². The van der Waals surface area contributed by atoms with Crippen molar-refractivity contribution in [1.29, 1.82) is 0 Å². The van der Waals surface area contributed by atoms with E-state index < -0.39 is 47.9 Å². The Balaban J connectivity index is 2.36. The van der Waals surface area contributed by atoms with Gasteiger partial charge in [0, 0.05) is 54.9 Å². The summed E-state index contributed by atoms with van der Waals surface area (Å²) in [6, 6.07) is 6.48. The van der Waals surface area contributed by atoms with Gasteiger partial charge in [0.1, 0.15) is 17.2 Å². The highest BCUT2D eigenvalue weighted by molar-refractivity contribution is 7.09. The molecular weight excluding hydrogens is 671 g/mol. The number of unbranched alkanes of at least 4 members (excludes halogenated alkanes) is 4. The van der Waals surface area contributed by atoms with E-state index in [0.717, 1.165) is 44.1 Å². The van der Waals surface area contributed by atoms with E-state index in [1.807, 2.05) is 17.0 Å². The van der Waals surface area contributed by atoms with Gasteiger partial charge in [-0.1, -0.05) is 79.4 Å². The molecule has 3 atom stereocenters. The first-order valence-electron chi connectivity index (χ1n) is 18.1. The minimum Gasteiger partial charge on any atom is -0.480 e. The molecular formula is C38H59N5O7S. The van der Waals surface area contributed by atoms with Crippen molar-refractivity contribution in [3.8, 4) is 0 Å². The molecule has 0 aliphatic carbocycles. The van der Waals surface area contributed by atoms with Crippen LogP contribution in [0, 0.1) is 11.3 Å². The van der Waals surface area contributed by atoms with Crippen LogP contribution in [0.3, 0.4) is 0 Å². The van der Waals surface area contributed by atoms with Gasteiger partial charge in [-0.2, -0.15) is 0 Å². The summed E-state index contributed by atoms with van der Waals surface area (Å²) >= 11 is 1.21. The lowest BCUT2D eigenvalue weighted by molar-refractivity contribution is -0.148. The second-order valence-electron chi connectivity index (χ2n) is 14.2. The number of nitrogens with two attached hydrogens (primary N) is 1. The third-order valence-corrected chi connectivity index (χ3v) is 9.79. The average molecular weight is 730 g/mol. The van der Waals surface area contributed by atoms with E-state index in [-0.39, 0.29) is 30.0 Å². The molecule has 1 aromatic heterocycles. The highest BCUT2D eigenvalue weighted by Crippen LogP contribution is 2.32. The maximum absolute atomic E-state index is 13.7. The number of aliphatic carboxylic acids is 1. The molecule has 0 aliphatic rings. The molecule has 2 aromatic rings. The lowest BCUT2D eigenvalue weighted by Crippen LogP contribution is -2.46. The van der Waals surface area contributed by atoms with Gasteiger partial charge >= 0.3 is 11.9 Å². The molecule has 13 heteroatoms. The largest absolute Gasteiger partial charge is 0.480 e. The number of aromatic nitrogens is 1. The monoisotopic (exact) mass is 729 g/mol. The second kappa shape index (κ2) is 21.4. The lowest BCUT2D eigenvalue weighted by atomic mass is 9.82. The number of ether oxygens (including phenoxy) is 1. The fourth-order valence-electron chi connectivity index (χ4n) is 6.05. The summed E-state index contributed by atoms with van der Waals surface area (Å²) in [4.78, 5) is 70.1. The third kappa shape index (κ3) is 15.0. The van der Waals surface area contributed by atoms with Gasteiger partial charge in [-0.3, -0.25) is 24.0 Å². The minimum atomic E-state index is -1.15. The molecule has 5 N–H and O–H groups in total. The summed E-state index contributed by atoms with van der Waals surface area (Å²) < 4.78 is 5.81. The standard InChI is InChI=1S/C38H59N5O7S/c1-8-10-12-13-19-43(33(45)14-11-9-2)31(25(3)4)21-32(50-26(5)44)36-42-30(24-51-36)35(48)41-29(20-27-15-17-28(39)18-16-27)22-38(6,7)37(49)40-23-34(46)47/h15-18,24-25,29,31-32H,8-14,19-23,39H2,1-7H3,(H,40,49)(H,41,48)(H,46,47). The predicted molar refractivity (Wildman–Crippen MR) is 200 cm³/mol. The molecule has 0 aliphatic heterocycles. The Morgan fingerprint density at radius 3 is 2.27 bits per heavy atom. The summed E-state index contributed by atoms with van der Waals surface area (Å²) in [5.74, 6) is -2.38. The number of hydrogen-bond acceptors (Lipinski definition) is 9. The van der Waals surface area contributed by atoms with Crippen LogP contribution in [0.15, 0.2) is 29.6 Å². The van der Waals surface area contributed by atoms with Crippen molar-refractivity contribution in [3.63, 3.8) is 0 Å². The highest BCUT2D eigenvalue weighted by Gasteiger charge is 2.34. The number of benzene rings is 1. The zero-order valence-corrected chi connectivity index (χ0v) is 32.3. The number of esters is 1. The van der Waals surface area contributed by atoms with E-state index in [2.05, 4.69) is 43.3 Å². The Morgan fingerprint density at radius 2 is 1.69 bits per heavy atom. The van der Waals surface area contributed by atoms with Crippen LogP contribution in [-0.4, -0.2) is 69.8 Å². The van der Waals surface area contributed by atoms with Crippen LogP contribution < -0.4 is 16.4 Å². The number of nitrogens with one attached hydrogen (secondary N) is 2. The number of carbonyl (C=O) groups is 5. The van der Waals surface area contributed by atoms with Crippen LogP contribution in [0.25, 0.3) is 0 Å². The lowest BCUT2D eigenvalue weighted by Gasteiger charge is -2.36. The molecule has 284 valence electrons. The molecule has 1 heterocycles. The SMILES string of the molecule is CCCCCCN(C(=O)CCCC)C(CC(OC(C)=O)c1nc(C(=O)NC(Cc2ccc(N)cc2)CC(C)(C)C(=O)NCC(=O)O)cs1)C(C)C. The van der Waals surface area contributed by atoms with Gasteiger partial charge in [0.15, 0.2) is 6.10 Å². The number of anilines is 1. The van der Waals surface area contributed by atoms with Crippen LogP contribution in [0.5, 0.6) is 0 Å². The number of carboxylic acids is 1. The van der Waals surface area contributed by atoms with Crippen LogP contribution >= 0.6 is 11.3 Å². The molecule has 51 heavy (non-hydrogen) atoms. The van der Waals surface area contributed by atoms with Crippen molar-refractivity contribution in [3.05, 3.63) is 45.9 Å². The first kappa shape index (κ1) is 43.2. The maximum atomic E-state index is 13.7. The summed E-state index contributed by atoms with van der Waals surface area (Å²) in [5.41, 5.74) is 6.47. The van der Waals surface area contributed by atoms with Crippen molar-refractivity contribution in [1.82, 2.24) is 20.5 Å². The number of carbonyl (C=O) groups excluding carboxylic acids is 4. The first-order chi connectivity index (χ1) is 24.1. The van der Waals surface area contributed by atoms with E-state index in [1.54, 1.807) is 31.4 Å². The van der Waals surface area contributed by atoms with Crippen molar-refractivity contribution in [2.75, 3.05) is 18.8 Å². The molecule has 12 nitrogen and oxygen atoms in total. The van der Waals surface area contributed by atoms with Crippen LogP contribution in [0.2, 0.25) is 0 Å². The number of nitrogens with zero attached hydrogens (tertiary/aromatic N) is 2. The van der Waals surface area contributed by atoms with Crippen molar-refractivity contribution in [2.24, 2.45) is 11.3 Å². The van der Waals surface area contributed by atoms with Crippen LogP contribution in [-0.2, 0) is 30.3 Å². The quantitative estimate of drug-likeness (QED) is 0.0580. The normalized spacial score (nSPS) is 13.3. The number of amides is 3. The molecule has 1 aromatic carbocycles. The number of hydrogen-bond donors (Lipinski definition) is 4. The maximum Gasteiger partial charge on any atom is 0.322 e. The highest BCUT2D eigenvalue weighted by atomic mass is 32.1. The zero-order valence-electron chi connectivity index (χ0n) is 31.5. The Morgan fingerprint density at radius 1 is 1.02 bits per heavy atom. The van der Waals surface area contributed by atoms with E-state index in [0.29, 0.717) is 36.5 Å². The summed E-state index contributed by atoms with van der Waals surface area (Å²) in [6.45, 7) is 13.2. The summed E-state index contributed by atoms with van der Waals surface area (Å²) in [7, 11) is 0. The van der Waals surface area contributed by atoms with Gasteiger partial charge < -0.3 is 31.1 Å². The van der Waals surface area contributed by atoms with E-state index >= 15 is 0 Å². The molecule has 3 unspecified atom stereocenters. The number of nitrogen functional groups attached to an aromatic ring is 1. The van der Waals surface area contributed by atoms with Gasteiger partial charge in [0.2, 0.25) is 11.8 Å². The molecule has 0 spiro atoms. The first-order valence-corrected chi connectivity index (χ1v) is 19.0. The van der Waals surface area contributed by atoms with E-state index in [1.165, 1.54) is 18.3 Å². The molecule has 0 bridgehead atoms. The Bertz CT molecular complexity index is 1430. The van der Waals surface area contributed by atoms with Crippen LogP contribution in [0.1, 0.15) is 133 Å². The Hall–Kier alpha value is -4.00. The molecule has 0 saturated heterocycles. The molecule has 3 amide bonds. The molecule has 2 rings (SSSR count). The average Bonchev–Trinajstić information content (AvgIpc) is 3.56. The van der Waals surface area contributed by atoms with E-state index in [9.17, 15) is 24.0 Å². The predicted octanol–water partition coefficient (Wildman–Crippen LogP) is 6.30. The second-order valence-corrected chi connectivity index (χ2v) is 15.1. The van der Waals surface area contributed by atoms with Crippen LogP contribution in [0.4, 0.5) is 5.69 Å². The molecule has 0 fully saturated rings. The fraction of sp³-hybridized carbons (Fsp3) is 0.632. The number of thiazole rings is 1. The zero-order chi connectivity index (χ0) is 38.1. The van der Waals surface area contributed by atoms with Crippen molar-refractivity contribution in [2.45, 2.75) is 131 Å². The summed E-state index contributed by atoms with van der Waals surface area (Å²) in [6.07, 6.45) is 6.46. The molecule has 0 radical (unpaired) electrons. The summed E-state index contributed by atoms with van der Waals surface area (Å²) in [5, 5.41) is 16.6. The number of rotatable bonds is 23. The van der Waals surface area contributed by atoms with Crippen molar-refractivity contribution < 1.29 is 33.8 Å². The van der Waals surface area contributed by atoms with Gasteiger partial charge in [0.05, 0.1) is 0 Å². The minimum absolute atomic E-state index is 0.0766. The van der Waals surface area contributed by atoms with Gasteiger partial charge in [-0.25, -0.2) is 4.98 Å².